The number of amides is 2. The molecule has 152 valence electrons. The molecule has 2 rings (SSSR count). The van der Waals surface area contributed by atoms with Crippen molar-refractivity contribution in [2.45, 2.75) is 6.42 Å². The number of benzene rings is 2. The highest BCUT2D eigenvalue weighted by Crippen LogP contribution is 2.24. The highest BCUT2D eigenvalue weighted by Gasteiger charge is 2.21. The van der Waals surface area contributed by atoms with Gasteiger partial charge in [-0.3, -0.25) is 29.8 Å². The van der Waals surface area contributed by atoms with Gasteiger partial charge in [-0.25, -0.2) is 0 Å². The lowest BCUT2D eigenvalue weighted by Crippen LogP contribution is -2.30. The molecule has 0 aliphatic carbocycles. The molecule has 10 nitrogen and oxygen atoms in total. The molecule has 0 aliphatic rings. The molecule has 0 atom stereocenters. The summed E-state index contributed by atoms with van der Waals surface area (Å²) in [5.74, 6) is -1.32. The van der Waals surface area contributed by atoms with E-state index < -0.39 is 33.0 Å². The molecular formula is C17H14Cl2N4O6. The minimum atomic E-state index is -0.708. The predicted octanol–water partition coefficient (Wildman–Crippen LogP) is 3.36. The Balaban J connectivity index is 1.88. The zero-order valence-electron chi connectivity index (χ0n) is 14.7. The minimum Gasteiger partial charge on any atom is -0.352 e. The maximum Gasteiger partial charge on any atom is 0.283 e. The highest BCUT2D eigenvalue weighted by atomic mass is 35.5. The first-order valence-corrected chi connectivity index (χ1v) is 8.90. The Labute approximate surface area is 174 Å². The van der Waals surface area contributed by atoms with E-state index in [9.17, 15) is 29.8 Å². The molecule has 0 spiro atoms. The van der Waals surface area contributed by atoms with E-state index in [4.69, 9.17) is 23.2 Å². The van der Waals surface area contributed by atoms with Crippen LogP contribution in [0.1, 0.15) is 27.1 Å². The van der Waals surface area contributed by atoms with Gasteiger partial charge in [0.05, 0.1) is 9.85 Å². The first-order valence-electron chi connectivity index (χ1n) is 8.15. The van der Waals surface area contributed by atoms with Gasteiger partial charge in [-0.1, -0.05) is 23.2 Å². The van der Waals surface area contributed by atoms with Gasteiger partial charge in [-0.2, -0.15) is 0 Å². The number of nitro benzene ring substituents is 2. The molecule has 2 aromatic carbocycles. The molecule has 2 aromatic rings. The molecule has 0 aromatic heterocycles. The van der Waals surface area contributed by atoms with Crippen molar-refractivity contribution < 1.29 is 19.4 Å². The third-order valence-corrected chi connectivity index (χ3v) is 4.20. The van der Waals surface area contributed by atoms with Gasteiger partial charge in [0, 0.05) is 35.3 Å². The number of hydrogen-bond acceptors (Lipinski definition) is 6. The summed E-state index contributed by atoms with van der Waals surface area (Å²) in [6, 6.07) is 7.38. The second-order valence-corrected chi connectivity index (χ2v) is 6.58. The summed E-state index contributed by atoms with van der Waals surface area (Å²) in [7, 11) is 0. The van der Waals surface area contributed by atoms with E-state index in [1.165, 1.54) is 24.3 Å². The minimum absolute atomic E-state index is 0.113. The maximum atomic E-state index is 12.1. The van der Waals surface area contributed by atoms with Crippen molar-refractivity contribution in [1.29, 1.82) is 0 Å². The van der Waals surface area contributed by atoms with E-state index in [1.807, 2.05) is 0 Å². The summed E-state index contributed by atoms with van der Waals surface area (Å²) in [5.41, 5.74) is -1.11. The fourth-order valence-electron chi connectivity index (χ4n) is 2.38. The van der Waals surface area contributed by atoms with Crippen LogP contribution in [-0.4, -0.2) is 34.8 Å². The van der Waals surface area contributed by atoms with Crippen molar-refractivity contribution in [3.63, 3.8) is 0 Å². The van der Waals surface area contributed by atoms with Gasteiger partial charge < -0.3 is 10.6 Å². The normalized spacial score (nSPS) is 10.3. The Morgan fingerprint density at radius 3 is 1.52 bits per heavy atom. The van der Waals surface area contributed by atoms with Gasteiger partial charge >= 0.3 is 0 Å². The summed E-state index contributed by atoms with van der Waals surface area (Å²) in [4.78, 5) is 44.9. The molecule has 2 N–H and O–H groups in total. The summed E-state index contributed by atoms with van der Waals surface area (Å²) in [6.07, 6.45) is 0.292. The van der Waals surface area contributed by atoms with Crippen molar-refractivity contribution in [1.82, 2.24) is 10.6 Å². The average molecular weight is 441 g/mol. The van der Waals surface area contributed by atoms with E-state index >= 15 is 0 Å². The van der Waals surface area contributed by atoms with Crippen LogP contribution < -0.4 is 10.6 Å². The van der Waals surface area contributed by atoms with E-state index in [1.54, 1.807) is 0 Å². The number of halogens is 2. The van der Waals surface area contributed by atoms with Crippen LogP contribution in [0.15, 0.2) is 36.4 Å². The van der Waals surface area contributed by atoms with Crippen LogP contribution in [-0.2, 0) is 0 Å². The molecule has 12 heteroatoms. The summed E-state index contributed by atoms with van der Waals surface area (Å²) in [5, 5.41) is 27.3. The third-order valence-electron chi connectivity index (χ3n) is 3.73. The summed E-state index contributed by atoms with van der Waals surface area (Å²) < 4.78 is 0. The smallest absolute Gasteiger partial charge is 0.283 e. The van der Waals surface area contributed by atoms with Crippen molar-refractivity contribution in [3.05, 3.63) is 77.8 Å². The van der Waals surface area contributed by atoms with Crippen LogP contribution in [0.3, 0.4) is 0 Å². The monoisotopic (exact) mass is 440 g/mol. The first-order chi connectivity index (χ1) is 13.7. The first kappa shape index (κ1) is 22.1. The van der Waals surface area contributed by atoms with Crippen LogP contribution >= 0.6 is 23.2 Å². The molecule has 0 saturated carbocycles. The van der Waals surface area contributed by atoms with Gasteiger partial charge in [-0.15, -0.1) is 0 Å². The standard InChI is InChI=1S/C17H14Cl2N4O6/c18-10-2-4-12(14(8-10)22(26)27)16(24)20-6-1-7-21-17(25)13-5-3-11(19)9-15(13)23(28)29/h2-5,8-9H,1,6-7H2,(H,20,24)(H,21,25). The van der Waals surface area contributed by atoms with Crippen LogP contribution in [0.5, 0.6) is 0 Å². The van der Waals surface area contributed by atoms with E-state index in [-0.39, 0.29) is 34.3 Å². The molecular weight excluding hydrogens is 427 g/mol. The van der Waals surface area contributed by atoms with Gasteiger partial charge in [0.2, 0.25) is 0 Å². The topological polar surface area (TPSA) is 144 Å². The largest absolute Gasteiger partial charge is 0.352 e. The molecule has 2 amide bonds. The molecule has 0 aliphatic heterocycles. The highest BCUT2D eigenvalue weighted by molar-refractivity contribution is 6.31. The number of nitrogens with zero attached hydrogens (tertiary/aromatic N) is 2. The Kier molecular flexibility index (Phi) is 7.46. The molecule has 29 heavy (non-hydrogen) atoms. The van der Waals surface area contributed by atoms with Crippen LogP contribution in [0.25, 0.3) is 0 Å². The average Bonchev–Trinajstić information content (AvgIpc) is 2.67. The second kappa shape index (κ2) is 9.80. The lowest BCUT2D eigenvalue weighted by Gasteiger charge is -2.08. The SMILES string of the molecule is O=C(NCCCNC(=O)c1ccc(Cl)cc1[N+](=O)[O-])c1ccc(Cl)cc1[N+](=O)[O-]. The van der Waals surface area contributed by atoms with Crippen molar-refractivity contribution in [2.24, 2.45) is 0 Å². The van der Waals surface area contributed by atoms with Gasteiger partial charge in [-0.05, 0) is 30.7 Å². The van der Waals surface area contributed by atoms with E-state index in [0.717, 1.165) is 12.1 Å². The summed E-state index contributed by atoms with van der Waals surface area (Å²) >= 11 is 11.4. The van der Waals surface area contributed by atoms with Gasteiger partial charge in [0.25, 0.3) is 23.2 Å². The van der Waals surface area contributed by atoms with Crippen LogP contribution in [0, 0.1) is 20.2 Å². The number of rotatable bonds is 8. The van der Waals surface area contributed by atoms with Crippen molar-refractivity contribution in [2.75, 3.05) is 13.1 Å². The molecule has 0 fully saturated rings. The molecule has 0 heterocycles. The zero-order valence-corrected chi connectivity index (χ0v) is 16.2. The number of carbonyl (C=O) groups excluding carboxylic acids is 2. The van der Waals surface area contributed by atoms with Crippen molar-refractivity contribution >= 4 is 46.4 Å². The zero-order chi connectivity index (χ0) is 21.6. The maximum absolute atomic E-state index is 12.1. The molecule has 0 saturated heterocycles. The Hall–Kier alpha value is -3.24. The number of nitro groups is 2. The second-order valence-electron chi connectivity index (χ2n) is 5.70. The molecule has 0 radical (unpaired) electrons. The summed E-state index contributed by atoms with van der Waals surface area (Å²) in [6.45, 7) is 0.225. The van der Waals surface area contributed by atoms with E-state index in [0.29, 0.717) is 6.42 Å². The van der Waals surface area contributed by atoms with Crippen LogP contribution in [0.2, 0.25) is 10.0 Å². The molecule has 0 unspecified atom stereocenters. The lowest BCUT2D eigenvalue weighted by molar-refractivity contribution is -0.385. The fourth-order valence-corrected chi connectivity index (χ4v) is 2.71. The van der Waals surface area contributed by atoms with Crippen LogP contribution in [0.4, 0.5) is 11.4 Å². The Morgan fingerprint density at radius 1 is 0.793 bits per heavy atom. The van der Waals surface area contributed by atoms with Gasteiger partial charge in [0.15, 0.2) is 0 Å². The number of hydrogen-bond donors (Lipinski definition) is 2. The van der Waals surface area contributed by atoms with Gasteiger partial charge in [0.1, 0.15) is 11.1 Å². The Bertz CT molecular complexity index is 905. The third kappa shape index (κ3) is 5.87. The van der Waals surface area contributed by atoms with E-state index in [2.05, 4.69) is 10.6 Å². The predicted molar refractivity (Wildman–Crippen MR) is 105 cm³/mol. The molecule has 0 bridgehead atoms. The quantitative estimate of drug-likeness (QED) is 0.365. The number of nitrogens with one attached hydrogen (secondary N) is 2. The Morgan fingerprint density at radius 2 is 1.17 bits per heavy atom. The van der Waals surface area contributed by atoms with Crippen molar-refractivity contribution in [3.8, 4) is 0 Å². The number of carbonyl (C=O) groups is 2. The fraction of sp³-hybridized carbons (Fsp3) is 0.176. The lowest BCUT2D eigenvalue weighted by atomic mass is 10.1.